The van der Waals surface area contributed by atoms with E-state index in [1.165, 1.54) is 122 Å². The van der Waals surface area contributed by atoms with Crippen molar-refractivity contribution in [2.75, 3.05) is 0 Å². The molecule has 1 nitrogen and oxygen atoms in total. The summed E-state index contributed by atoms with van der Waals surface area (Å²) in [4.78, 5) is 0. The highest BCUT2D eigenvalue weighted by Gasteiger charge is 2.35. The molecule has 2 rings (SSSR count). The van der Waals surface area contributed by atoms with Gasteiger partial charge in [-0.2, -0.15) is 5.26 Å². The molecule has 0 spiro atoms. The highest BCUT2D eigenvalue weighted by Crippen LogP contribution is 2.44. The molecule has 1 heteroatoms. The van der Waals surface area contributed by atoms with Crippen molar-refractivity contribution in [2.45, 2.75) is 136 Å². The van der Waals surface area contributed by atoms with E-state index in [9.17, 15) is 5.26 Å². The van der Waals surface area contributed by atoms with Gasteiger partial charge < -0.3 is 0 Å². The Morgan fingerprint density at radius 3 is 1.74 bits per heavy atom. The summed E-state index contributed by atoms with van der Waals surface area (Å²) >= 11 is 0. The van der Waals surface area contributed by atoms with E-state index in [1.807, 2.05) is 0 Å². The quantitative estimate of drug-likeness (QED) is 0.313. The molecule has 0 aromatic carbocycles. The van der Waals surface area contributed by atoms with Gasteiger partial charge in [0.2, 0.25) is 0 Å². The van der Waals surface area contributed by atoms with Crippen molar-refractivity contribution in [2.24, 2.45) is 23.2 Å². The van der Waals surface area contributed by atoms with Crippen LogP contribution >= 0.6 is 0 Å². The fourth-order valence-corrected chi connectivity index (χ4v) is 5.78. The van der Waals surface area contributed by atoms with Gasteiger partial charge in [-0.3, -0.25) is 0 Å². The Morgan fingerprint density at radius 2 is 1.19 bits per heavy atom. The second-order valence-corrected chi connectivity index (χ2v) is 10.1. The van der Waals surface area contributed by atoms with Gasteiger partial charge in [0.1, 0.15) is 0 Å². The molecule has 0 aromatic rings. The van der Waals surface area contributed by atoms with Crippen molar-refractivity contribution in [3.63, 3.8) is 0 Å². The summed E-state index contributed by atoms with van der Waals surface area (Å²) in [5, 5.41) is 9.80. The summed E-state index contributed by atoms with van der Waals surface area (Å²) in [5.74, 6) is 2.98. The number of nitriles is 1. The predicted octanol–water partition coefficient (Wildman–Crippen LogP) is 8.82. The average molecular weight is 374 g/mol. The van der Waals surface area contributed by atoms with Crippen LogP contribution in [-0.2, 0) is 0 Å². The Labute approximate surface area is 170 Å². The van der Waals surface area contributed by atoms with Crippen molar-refractivity contribution in [1.29, 1.82) is 5.26 Å². The van der Waals surface area contributed by atoms with Crippen LogP contribution in [0.3, 0.4) is 0 Å². The second-order valence-electron chi connectivity index (χ2n) is 10.1. The highest BCUT2D eigenvalue weighted by molar-refractivity contribution is 5.01. The van der Waals surface area contributed by atoms with E-state index in [0.29, 0.717) is 0 Å². The second kappa shape index (κ2) is 12.9. The minimum absolute atomic E-state index is 0.0417. The summed E-state index contributed by atoms with van der Waals surface area (Å²) in [5.41, 5.74) is 0.0417. The first-order valence-corrected chi connectivity index (χ1v) is 12.6. The molecule has 0 aliphatic heterocycles. The van der Waals surface area contributed by atoms with E-state index in [4.69, 9.17) is 0 Å². The first-order valence-electron chi connectivity index (χ1n) is 12.6. The van der Waals surface area contributed by atoms with Crippen LogP contribution < -0.4 is 0 Å². The standard InChI is InChI=1S/C26H47N/c1-3-5-7-8-9-19-26(22-27)20-17-25(18-21-26)16-15-24-13-11-23(12-14-24)10-6-4-2/h23-25H,3-21H2,1-2H3. The Bertz CT molecular complexity index is 404. The maximum atomic E-state index is 9.80. The third kappa shape index (κ3) is 8.17. The van der Waals surface area contributed by atoms with E-state index in [1.54, 1.807) is 0 Å². The normalized spacial score (nSPS) is 31.5. The fraction of sp³-hybridized carbons (Fsp3) is 0.962. The molecule has 2 aliphatic rings. The topological polar surface area (TPSA) is 23.8 Å². The number of rotatable bonds is 12. The number of hydrogen-bond donors (Lipinski definition) is 0. The lowest BCUT2D eigenvalue weighted by atomic mass is 9.67. The average Bonchev–Trinajstić information content (AvgIpc) is 2.72. The molecule has 0 bridgehead atoms. The van der Waals surface area contributed by atoms with Crippen molar-refractivity contribution < 1.29 is 0 Å². The van der Waals surface area contributed by atoms with Gasteiger partial charge in [0.15, 0.2) is 0 Å². The van der Waals surface area contributed by atoms with Gasteiger partial charge in [-0.05, 0) is 49.9 Å². The first kappa shape index (κ1) is 22.8. The van der Waals surface area contributed by atoms with Crippen LogP contribution in [0.1, 0.15) is 136 Å². The Morgan fingerprint density at radius 1 is 0.667 bits per heavy atom. The molecule has 27 heavy (non-hydrogen) atoms. The van der Waals surface area contributed by atoms with Crippen molar-refractivity contribution in [3.8, 4) is 6.07 Å². The summed E-state index contributed by atoms with van der Waals surface area (Å²) in [6, 6.07) is 2.76. The summed E-state index contributed by atoms with van der Waals surface area (Å²) in [6.07, 6.45) is 26.1. The highest BCUT2D eigenvalue weighted by atomic mass is 14.4. The SMILES string of the molecule is CCCCCCCC1(C#N)CCC(CCC2CCC(CCCC)CC2)CC1. The molecule has 0 unspecified atom stereocenters. The van der Waals surface area contributed by atoms with Crippen LogP contribution in [0, 0.1) is 34.5 Å². The van der Waals surface area contributed by atoms with Gasteiger partial charge in [0.05, 0.1) is 11.5 Å². The van der Waals surface area contributed by atoms with Gasteiger partial charge in [-0.25, -0.2) is 0 Å². The van der Waals surface area contributed by atoms with E-state index in [2.05, 4.69) is 19.9 Å². The van der Waals surface area contributed by atoms with E-state index >= 15 is 0 Å². The van der Waals surface area contributed by atoms with Crippen LogP contribution in [0.5, 0.6) is 0 Å². The molecule has 2 fully saturated rings. The fourth-order valence-electron chi connectivity index (χ4n) is 5.78. The maximum absolute atomic E-state index is 9.80. The van der Waals surface area contributed by atoms with Crippen LogP contribution in [0.25, 0.3) is 0 Å². The largest absolute Gasteiger partial charge is 0.198 e. The lowest BCUT2D eigenvalue weighted by Gasteiger charge is -2.36. The number of unbranched alkanes of at least 4 members (excludes halogenated alkanes) is 5. The first-order chi connectivity index (χ1) is 13.2. The third-order valence-corrected chi connectivity index (χ3v) is 7.97. The van der Waals surface area contributed by atoms with Gasteiger partial charge >= 0.3 is 0 Å². The lowest BCUT2D eigenvalue weighted by molar-refractivity contribution is 0.170. The van der Waals surface area contributed by atoms with Crippen LogP contribution in [0.4, 0.5) is 0 Å². The van der Waals surface area contributed by atoms with Gasteiger partial charge in [-0.1, -0.05) is 104 Å². The third-order valence-electron chi connectivity index (χ3n) is 7.97. The van der Waals surface area contributed by atoms with E-state index < -0.39 is 0 Å². The van der Waals surface area contributed by atoms with Crippen molar-refractivity contribution in [1.82, 2.24) is 0 Å². The maximum Gasteiger partial charge on any atom is 0.0689 e. The molecule has 2 saturated carbocycles. The molecule has 0 saturated heterocycles. The summed E-state index contributed by atoms with van der Waals surface area (Å²) in [6.45, 7) is 4.60. The van der Waals surface area contributed by atoms with Gasteiger partial charge in [0, 0.05) is 0 Å². The number of hydrogen-bond acceptors (Lipinski definition) is 1. The molecule has 0 amide bonds. The smallest absolute Gasteiger partial charge is 0.0689 e. The minimum atomic E-state index is 0.0417. The van der Waals surface area contributed by atoms with Crippen molar-refractivity contribution >= 4 is 0 Å². The van der Waals surface area contributed by atoms with Crippen molar-refractivity contribution in [3.05, 3.63) is 0 Å². The lowest BCUT2D eigenvalue weighted by Crippen LogP contribution is -2.26. The van der Waals surface area contributed by atoms with Gasteiger partial charge in [0.25, 0.3) is 0 Å². The van der Waals surface area contributed by atoms with Crippen LogP contribution in [-0.4, -0.2) is 0 Å². The molecule has 0 atom stereocenters. The molecule has 0 aromatic heterocycles. The Balaban J connectivity index is 1.59. The Hall–Kier alpha value is -0.510. The van der Waals surface area contributed by atoms with Gasteiger partial charge in [-0.15, -0.1) is 0 Å². The summed E-state index contributed by atoms with van der Waals surface area (Å²) < 4.78 is 0. The summed E-state index contributed by atoms with van der Waals surface area (Å²) in [7, 11) is 0. The zero-order valence-electron chi connectivity index (χ0n) is 18.6. The molecule has 0 N–H and O–H groups in total. The molecule has 0 heterocycles. The van der Waals surface area contributed by atoms with Crippen LogP contribution in [0.15, 0.2) is 0 Å². The van der Waals surface area contributed by atoms with E-state index in [-0.39, 0.29) is 5.41 Å². The monoisotopic (exact) mass is 373 g/mol. The molecule has 0 radical (unpaired) electrons. The molecule has 156 valence electrons. The zero-order valence-corrected chi connectivity index (χ0v) is 18.6. The molecular weight excluding hydrogens is 326 g/mol. The zero-order chi connectivity index (χ0) is 19.4. The Kier molecular flexibility index (Phi) is 10.8. The predicted molar refractivity (Wildman–Crippen MR) is 118 cm³/mol. The van der Waals surface area contributed by atoms with Crippen LogP contribution in [0.2, 0.25) is 0 Å². The number of nitrogens with zero attached hydrogens (tertiary/aromatic N) is 1. The van der Waals surface area contributed by atoms with E-state index in [0.717, 1.165) is 17.8 Å². The molecular formula is C26H47N. The minimum Gasteiger partial charge on any atom is -0.198 e. The molecule has 2 aliphatic carbocycles.